The molecule has 0 radical (unpaired) electrons. The molecule has 0 aromatic rings. The maximum Gasteiger partial charge on any atom is 0.345 e. The van der Waals surface area contributed by atoms with E-state index in [2.05, 4.69) is 46.9 Å². The molecule has 0 amide bonds. The van der Waals surface area contributed by atoms with Crippen molar-refractivity contribution >= 4 is 7.60 Å². The lowest BCUT2D eigenvalue weighted by Crippen LogP contribution is -2.49. The lowest BCUT2D eigenvalue weighted by molar-refractivity contribution is 0.198. The Labute approximate surface area is 188 Å². The van der Waals surface area contributed by atoms with E-state index in [1.54, 1.807) is 0 Å². The van der Waals surface area contributed by atoms with E-state index in [-0.39, 0.29) is 0 Å². The second-order valence-corrected chi connectivity index (χ2v) is 11.6. The molecule has 0 spiro atoms. The molecule has 0 aliphatic rings. The molecule has 0 bridgehead atoms. The highest BCUT2D eigenvalue weighted by molar-refractivity contribution is 7.53. The molecule has 0 heterocycles. The van der Waals surface area contributed by atoms with Crippen LogP contribution in [-0.4, -0.2) is 21.6 Å². The minimum atomic E-state index is -4.31. The third kappa shape index (κ3) is 11.1. The van der Waals surface area contributed by atoms with E-state index in [0.29, 0.717) is 30.6 Å². The lowest BCUT2D eigenvalue weighted by Gasteiger charge is -2.41. The van der Waals surface area contributed by atoms with Crippen molar-refractivity contribution in [1.82, 2.24) is 5.32 Å². The first-order valence-electron chi connectivity index (χ1n) is 13.0. The van der Waals surface area contributed by atoms with Crippen molar-refractivity contribution in [3.63, 3.8) is 0 Å². The fourth-order valence-corrected chi connectivity index (χ4v) is 5.98. The van der Waals surface area contributed by atoms with Crippen LogP contribution in [0.3, 0.4) is 0 Å². The van der Waals surface area contributed by atoms with Crippen LogP contribution in [-0.2, 0) is 4.57 Å². The van der Waals surface area contributed by atoms with Crippen LogP contribution in [0.15, 0.2) is 0 Å². The highest BCUT2D eigenvalue weighted by Crippen LogP contribution is 2.56. The molecule has 0 aromatic heterocycles. The molecule has 0 aromatic carbocycles. The molecule has 0 aliphatic heterocycles. The van der Waals surface area contributed by atoms with E-state index in [9.17, 15) is 14.4 Å². The van der Waals surface area contributed by atoms with Crippen LogP contribution in [0.5, 0.6) is 0 Å². The maximum atomic E-state index is 13.1. The molecule has 0 fully saturated rings. The monoisotopic (exact) mass is 447 g/mol. The third-order valence-corrected chi connectivity index (χ3v) is 8.80. The minimum absolute atomic E-state index is 0.365. The summed E-state index contributed by atoms with van der Waals surface area (Å²) in [5, 5.41) is 2.48. The van der Waals surface area contributed by atoms with Crippen LogP contribution < -0.4 is 5.32 Å². The number of hydrogen-bond donors (Lipinski definition) is 3. The molecule has 0 aliphatic carbocycles. The van der Waals surface area contributed by atoms with Crippen LogP contribution in [0.2, 0.25) is 0 Å². The second-order valence-electron chi connectivity index (χ2n) is 9.61. The highest BCUT2D eigenvalue weighted by atomic mass is 31.2. The summed E-state index contributed by atoms with van der Waals surface area (Å²) in [6.45, 7) is 13.9. The Kier molecular flexibility index (Phi) is 16.8. The SMILES string of the molecule is CCCCC(CC)CNC(CC(CC)CCCC)(CC(CC)CCCC)P(=O)(O)O. The highest BCUT2D eigenvalue weighted by Gasteiger charge is 2.48. The van der Waals surface area contributed by atoms with Crippen molar-refractivity contribution in [3.8, 4) is 0 Å². The van der Waals surface area contributed by atoms with Gasteiger partial charge >= 0.3 is 7.60 Å². The van der Waals surface area contributed by atoms with Crippen LogP contribution in [0.25, 0.3) is 0 Å². The van der Waals surface area contributed by atoms with E-state index in [4.69, 9.17) is 0 Å². The molecular formula is C25H54NO3P. The fraction of sp³-hybridized carbons (Fsp3) is 1.00. The predicted molar refractivity (Wildman–Crippen MR) is 132 cm³/mol. The Morgan fingerprint density at radius 2 is 1.07 bits per heavy atom. The van der Waals surface area contributed by atoms with Gasteiger partial charge in [0, 0.05) is 0 Å². The summed E-state index contributed by atoms with van der Waals surface area (Å²) in [4.78, 5) is 21.4. The summed E-state index contributed by atoms with van der Waals surface area (Å²) in [7, 11) is -4.31. The standard InChI is InChI=1S/C25H54NO3P/c1-7-13-16-22(10-4)19-25(30(27,28)29,20-23(11-5)17-14-8-2)26-21-24(12-6)18-15-9-3/h22-24,26H,7-21H2,1-6H3,(H2,27,28,29). The van der Waals surface area contributed by atoms with Gasteiger partial charge in [0.2, 0.25) is 0 Å². The van der Waals surface area contributed by atoms with Gasteiger partial charge in [0.25, 0.3) is 0 Å². The van der Waals surface area contributed by atoms with Gasteiger partial charge in [-0.05, 0) is 43.6 Å². The fourth-order valence-electron chi connectivity index (χ4n) is 4.69. The average molecular weight is 448 g/mol. The second kappa shape index (κ2) is 16.7. The van der Waals surface area contributed by atoms with Crippen LogP contribution in [0.1, 0.15) is 131 Å². The van der Waals surface area contributed by atoms with Gasteiger partial charge in [-0.1, -0.05) is 112 Å². The summed E-state index contributed by atoms with van der Waals surface area (Å²) in [5.41, 5.74) is 0. The number of unbranched alkanes of at least 4 members (excludes halogenated alkanes) is 3. The molecule has 30 heavy (non-hydrogen) atoms. The van der Waals surface area contributed by atoms with E-state index >= 15 is 0 Å². The molecular weight excluding hydrogens is 393 g/mol. The molecule has 3 N–H and O–H groups in total. The Balaban J connectivity index is 5.76. The van der Waals surface area contributed by atoms with Crippen molar-refractivity contribution in [2.45, 2.75) is 137 Å². The zero-order valence-corrected chi connectivity index (χ0v) is 22.0. The van der Waals surface area contributed by atoms with Gasteiger partial charge < -0.3 is 15.1 Å². The molecule has 3 unspecified atom stereocenters. The van der Waals surface area contributed by atoms with Crippen LogP contribution in [0, 0.1) is 17.8 Å². The number of rotatable bonds is 20. The van der Waals surface area contributed by atoms with Crippen LogP contribution >= 0.6 is 7.60 Å². The summed E-state index contributed by atoms with van der Waals surface area (Å²) >= 11 is 0. The Morgan fingerprint density at radius 1 is 0.700 bits per heavy atom. The van der Waals surface area contributed by atoms with Gasteiger partial charge in [0.1, 0.15) is 5.28 Å². The molecule has 0 saturated heterocycles. The Bertz CT molecular complexity index is 434. The summed E-state index contributed by atoms with van der Waals surface area (Å²) < 4.78 is 13.1. The van der Waals surface area contributed by atoms with Crippen molar-refractivity contribution in [2.24, 2.45) is 17.8 Å². The smallest absolute Gasteiger partial charge is 0.323 e. The average Bonchev–Trinajstić information content (AvgIpc) is 2.72. The number of nitrogens with one attached hydrogen (secondary N) is 1. The molecule has 0 saturated carbocycles. The maximum absolute atomic E-state index is 13.1. The van der Waals surface area contributed by atoms with Crippen molar-refractivity contribution < 1.29 is 14.4 Å². The predicted octanol–water partition coefficient (Wildman–Crippen LogP) is 7.88. The van der Waals surface area contributed by atoms with E-state index < -0.39 is 12.9 Å². The molecule has 5 heteroatoms. The molecule has 4 nitrogen and oxygen atoms in total. The zero-order valence-electron chi connectivity index (χ0n) is 21.1. The summed E-state index contributed by atoms with van der Waals surface area (Å²) in [6.07, 6.45) is 14.4. The normalized spacial score (nSPS) is 17.5. The quantitative estimate of drug-likeness (QED) is 0.166. The van der Waals surface area contributed by atoms with Gasteiger partial charge in [-0.15, -0.1) is 0 Å². The largest absolute Gasteiger partial charge is 0.345 e. The van der Waals surface area contributed by atoms with Gasteiger partial charge in [-0.3, -0.25) is 4.57 Å². The molecule has 0 rings (SSSR count). The van der Waals surface area contributed by atoms with Gasteiger partial charge in [0.05, 0.1) is 0 Å². The summed E-state index contributed by atoms with van der Waals surface area (Å²) in [5.74, 6) is 1.22. The number of hydrogen-bond acceptors (Lipinski definition) is 2. The van der Waals surface area contributed by atoms with E-state index in [1.165, 1.54) is 12.8 Å². The first kappa shape index (κ1) is 30.1. The van der Waals surface area contributed by atoms with Crippen molar-refractivity contribution in [3.05, 3.63) is 0 Å². The van der Waals surface area contributed by atoms with Crippen LogP contribution in [0.4, 0.5) is 0 Å². The summed E-state index contributed by atoms with van der Waals surface area (Å²) in [6, 6.07) is 0. The molecule has 182 valence electrons. The zero-order chi connectivity index (χ0) is 23.0. The van der Waals surface area contributed by atoms with E-state index in [0.717, 1.165) is 70.8 Å². The van der Waals surface area contributed by atoms with Crippen molar-refractivity contribution in [1.29, 1.82) is 0 Å². The minimum Gasteiger partial charge on any atom is -0.323 e. The van der Waals surface area contributed by atoms with Gasteiger partial charge in [-0.2, -0.15) is 0 Å². The molecule has 3 atom stereocenters. The lowest BCUT2D eigenvalue weighted by atomic mass is 9.84. The van der Waals surface area contributed by atoms with E-state index in [1.807, 2.05) is 0 Å². The van der Waals surface area contributed by atoms with Crippen molar-refractivity contribution in [2.75, 3.05) is 6.54 Å². The Hall–Kier alpha value is 0.110. The van der Waals surface area contributed by atoms with Gasteiger partial charge in [0.15, 0.2) is 0 Å². The topological polar surface area (TPSA) is 69.6 Å². The first-order valence-corrected chi connectivity index (χ1v) is 14.6. The Morgan fingerprint density at radius 3 is 1.37 bits per heavy atom. The first-order chi connectivity index (χ1) is 14.2. The van der Waals surface area contributed by atoms with Gasteiger partial charge in [-0.25, -0.2) is 0 Å². The third-order valence-electron chi connectivity index (χ3n) is 7.16.